The van der Waals surface area contributed by atoms with Crippen LogP contribution >= 0.6 is 0 Å². The van der Waals surface area contributed by atoms with E-state index in [0.717, 1.165) is 33.3 Å². The molecule has 0 aliphatic rings. The van der Waals surface area contributed by atoms with Crippen molar-refractivity contribution < 1.29 is 13.5 Å². The van der Waals surface area contributed by atoms with Gasteiger partial charge in [0.2, 0.25) is 5.88 Å². The van der Waals surface area contributed by atoms with Gasteiger partial charge >= 0.3 is 0 Å². The van der Waals surface area contributed by atoms with Crippen LogP contribution < -0.4 is 4.74 Å². The van der Waals surface area contributed by atoms with Crippen molar-refractivity contribution in [2.45, 2.75) is 12.7 Å². The average molecular weight is 316 g/mol. The molecule has 0 radical (unpaired) electrons. The maximum atomic E-state index is 10.9. The molecule has 2 heterocycles. The molecule has 0 aliphatic heterocycles. The van der Waals surface area contributed by atoms with Crippen LogP contribution in [0.4, 0.5) is 0 Å². The number of aryl methyl sites for hydroxylation is 1. The van der Waals surface area contributed by atoms with Crippen molar-refractivity contribution in [1.82, 2.24) is 15.2 Å². The molecule has 0 saturated heterocycles. The number of methoxy groups -OCH3 is 1. The highest BCUT2D eigenvalue weighted by Crippen LogP contribution is 2.32. The van der Waals surface area contributed by atoms with Crippen molar-refractivity contribution in [3.05, 3.63) is 41.6 Å². The number of H-pyrrole nitrogens is 1. The van der Waals surface area contributed by atoms with Crippen LogP contribution in [0.5, 0.6) is 5.88 Å². The molecule has 0 spiro atoms. The Kier molecular flexibility index (Phi) is 3.91. The largest absolute Gasteiger partial charge is 0.772 e. The fourth-order valence-corrected chi connectivity index (χ4v) is 3.01. The monoisotopic (exact) mass is 316 g/mol. The lowest BCUT2D eigenvalue weighted by molar-refractivity contribution is 0.401. The predicted molar refractivity (Wildman–Crippen MR) is 83.2 cm³/mol. The first-order valence-corrected chi connectivity index (χ1v) is 7.87. The number of hydrogen-bond acceptors (Lipinski definition) is 5. The molecule has 3 rings (SSSR count). The molecule has 1 atom stereocenters. The van der Waals surface area contributed by atoms with Gasteiger partial charge in [-0.05, 0) is 30.2 Å². The van der Waals surface area contributed by atoms with Crippen molar-refractivity contribution in [3.8, 4) is 17.1 Å². The highest BCUT2D eigenvalue weighted by atomic mass is 32.2. The van der Waals surface area contributed by atoms with Gasteiger partial charge in [0.15, 0.2) is 0 Å². The Morgan fingerprint density at radius 1 is 1.36 bits per heavy atom. The normalized spacial score (nSPS) is 12.5. The number of benzene rings is 1. The molecule has 7 heteroatoms. The number of ether oxygens (including phenoxy) is 1. The van der Waals surface area contributed by atoms with E-state index in [0.29, 0.717) is 5.88 Å². The molecule has 22 heavy (non-hydrogen) atoms. The molecule has 3 aromatic rings. The first kappa shape index (κ1) is 14.7. The lowest BCUT2D eigenvalue weighted by Crippen LogP contribution is -1.97. The minimum Gasteiger partial charge on any atom is -0.772 e. The van der Waals surface area contributed by atoms with Gasteiger partial charge in [-0.2, -0.15) is 0 Å². The van der Waals surface area contributed by atoms with Crippen LogP contribution in [-0.4, -0.2) is 31.1 Å². The standard InChI is InChI=1S/C15H15N3O3S/c1-9-7-10(3-4-11(9)8-22(19)20)14-13-12(5-6-16-14)17-18-15(13)21-2/h3-7H,8H2,1-2H3,(H,17,18)(H,19,20)/p-1. The zero-order valence-corrected chi connectivity index (χ0v) is 12.9. The third-order valence-electron chi connectivity index (χ3n) is 3.53. The van der Waals surface area contributed by atoms with E-state index in [2.05, 4.69) is 15.2 Å². The predicted octanol–water partition coefficient (Wildman–Crippen LogP) is 2.32. The number of nitrogens with zero attached hydrogens (tertiary/aromatic N) is 2. The Morgan fingerprint density at radius 3 is 2.86 bits per heavy atom. The summed E-state index contributed by atoms with van der Waals surface area (Å²) in [6.07, 6.45) is 1.70. The molecule has 0 amide bonds. The van der Waals surface area contributed by atoms with Crippen LogP contribution in [-0.2, 0) is 16.8 Å². The maximum absolute atomic E-state index is 10.9. The number of aromatic nitrogens is 3. The summed E-state index contributed by atoms with van der Waals surface area (Å²) in [5, 5.41) is 7.83. The molecule has 1 N–H and O–H groups in total. The number of nitrogens with one attached hydrogen (secondary N) is 1. The SMILES string of the molecule is COc1n[nH]c2ccnc(-c3ccc(CS(=O)[O-])c(C)c3)c12. The Balaban J connectivity index is 2.13. The van der Waals surface area contributed by atoms with Crippen LogP contribution in [0, 0.1) is 6.92 Å². The maximum Gasteiger partial charge on any atom is 0.242 e. The third kappa shape index (κ3) is 2.60. The molecule has 1 aromatic carbocycles. The molecule has 0 fully saturated rings. The summed E-state index contributed by atoms with van der Waals surface area (Å²) in [7, 11) is 1.56. The second-order valence-electron chi connectivity index (χ2n) is 4.90. The number of rotatable bonds is 4. The molecule has 6 nitrogen and oxygen atoms in total. The van der Waals surface area contributed by atoms with E-state index in [1.54, 1.807) is 13.3 Å². The van der Waals surface area contributed by atoms with Gasteiger partial charge in [-0.15, -0.1) is 5.10 Å². The third-order valence-corrected chi connectivity index (χ3v) is 4.07. The summed E-state index contributed by atoms with van der Waals surface area (Å²) in [6.45, 7) is 1.89. The van der Waals surface area contributed by atoms with Crippen molar-refractivity contribution >= 4 is 22.0 Å². The van der Waals surface area contributed by atoms with Gasteiger partial charge in [0.25, 0.3) is 0 Å². The number of hydrogen-bond donors (Lipinski definition) is 1. The Morgan fingerprint density at radius 2 is 2.18 bits per heavy atom. The van der Waals surface area contributed by atoms with Crippen molar-refractivity contribution in [1.29, 1.82) is 0 Å². The summed E-state index contributed by atoms with van der Waals surface area (Å²) in [5.41, 5.74) is 4.17. The van der Waals surface area contributed by atoms with Crippen LogP contribution in [0.15, 0.2) is 30.5 Å². The van der Waals surface area contributed by atoms with E-state index >= 15 is 0 Å². The highest BCUT2D eigenvalue weighted by molar-refractivity contribution is 7.78. The van der Waals surface area contributed by atoms with Gasteiger partial charge in [0, 0.05) is 17.5 Å². The second kappa shape index (κ2) is 5.86. The highest BCUT2D eigenvalue weighted by Gasteiger charge is 2.14. The summed E-state index contributed by atoms with van der Waals surface area (Å²) in [6, 6.07) is 7.43. The van der Waals surface area contributed by atoms with Crippen molar-refractivity contribution in [2.24, 2.45) is 0 Å². The first-order chi connectivity index (χ1) is 10.6. The summed E-state index contributed by atoms with van der Waals surface area (Å²) >= 11 is -2.10. The Bertz CT molecular complexity index is 860. The van der Waals surface area contributed by atoms with E-state index in [1.807, 2.05) is 31.2 Å². The van der Waals surface area contributed by atoms with Gasteiger partial charge < -0.3 is 9.29 Å². The van der Waals surface area contributed by atoms with Crippen molar-refractivity contribution in [3.63, 3.8) is 0 Å². The molecular formula is C15H14N3O3S-. The molecule has 0 saturated carbocycles. The van der Waals surface area contributed by atoms with Crippen molar-refractivity contribution in [2.75, 3.05) is 7.11 Å². The van der Waals surface area contributed by atoms with Crippen LogP contribution in [0.3, 0.4) is 0 Å². The summed E-state index contributed by atoms with van der Waals surface area (Å²) in [5.74, 6) is 0.499. The molecular weight excluding hydrogens is 302 g/mol. The molecule has 114 valence electrons. The summed E-state index contributed by atoms with van der Waals surface area (Å²) in [4.78, 5) is 4.43. The van der Waals surface area contributed by atoms with E-state index < -0.39 is 11.1 Å². The molecule has 2 aromatic heterocycles. The smallest absolute Gasteiger partial charge is 0.242 e. The summed E-state index contributed by atoms with van der Waals surface area (Å²) < 4.78 is 27.0. The fraction of sp³-hybridized carbons (Fsp3) is 0.200. The topological polar surface area (TPSA) is 90.9 Å². The van der Waals surface area contributed by atoms with Gasteiger partial charge in [-0.1, -0.05) is 23.2 Å². The minimum atomic E-state index is -2.10. The average Bonchev–Trinajstić information content (AvgIpc) is 2.92. The second-order valence-corrected chi connectivity index (χ2v) is 5.80. The quantitative estimate of drug-likeness (QED) is 0.746. The van der Waals surface area contributed by atoms with E-state index in [-0.39, 0.29) is 5.75 Å². The van der Waals surface area contributed by atoms with Crippen LogP contribution in [0.1, 0.15) is 11.1 Å². The molecule has 1 unspecified atom stereocenters. The Labute approximate surface area is 129 Å². The minimum absolute atomic E-state index is 0.0127. The van der Waals surface area contributed by atoms with Gasteiger partial charge in [0.05, 0.1) is 23.7 Å². The number of aromatic amines is 1. The van der Waals surface area contributed by atoms with Gasteiger partial charge in [-0.25, -0.2) is 0 Å². The number of fused-ring (bicyclic) bond motifs is 1. The van der Waals surface area contributed by atoms with Crippen LogP contribution in [0.2, 0.25) is 0 Å². The Hall–Kier alpha value is -2.25. The molecule has 0 aliphatic carbocycles. The van der Waals surface area contributed by atoms with E-state index in [1.165, 1.54) is 0 Å². The lowest BCUT2D eigenvalue weighted by atomic mass is 10.0. The number of pyridine rings is 1. The van der Waals surface area contributed by atoms with E-state index in [4.69, 9.17) is 4.74 Å². The molecule has 0 bridgehead atoms. The zero-order chi connectivity index (χ0) is 15.7. The van der Waals surface area contributed by atoms with Gasteiger partial charge in [0.1, 0.15) is 0 Å². The van der Waals surface area contributed by atoms with E-state index in [9.17, 15) is 8.76 Å². The van der Waals surface area contributed by atoms with Crippen LogP contribution in [0.25, 0.3) is 22.2 Å². The fourth-order valence-electron chi connectivity index (χ4n) is 2.44. The first-order valence-electron chi connectivity index (χ1n) is 6.63. The zero-order valence-electron chi connectivity index (χ0n) is 12.1. The van der Waals surface area contributed by atoms with Gasteiger partial charge in [-0.3, -0.25) is 14.3 Å². The lowest BCUT2D eigenvalue weighted by Gasteiger charge is -2.11.